The zero-order valence-corrected chi connectivity index (χ0v) is 16.4. The first-order chi connectivity index (χ1) is 15.5. The van der Waals surface area contributed by atoms with Gasteiger partial charge in [-0.25, -0.2) is 18.7 Å². The molecule has 0 bridgehead atoms. The third-order valence-corrected chi connectivity index (χ3v) is 3.84. The summed E-state index contributed by atoms with van der Waals surface area (Å²) in [5.41, 5.74) is 0.535. The normalized spacial score (nSPS) is 9.81. The van der Waals surface area contributed by atoms with Gasteiger partial charge in [0.2, 0.25) is 0 Å². The summed E-state index contributed by atoms with van der Waals surface area (Å²) in [6, 6.07) is 11.9. The summed E-state index contributed by atoms with van der Waals surface area (Å²) in [5, 5.41) is 4.82. The summed E-state index contributed by atoms with van der Waals surface area (Å²) in [4.78, 5) is 38.3. The minimum absolute atomic E-state index is 0.123. The molecule has 4 rings (SSSR count). The average molecular weight is 434 g/mol. The highest BCUT2D eigenvalue weighted by atomic mass is 19.1. The molecular weight excluding hydrogens is 418 g/mol. The van der Waals surface area contributed by atoms with Crippen molar-refractivity contribution in [3.8, 4) is 0 Å². The Hall–Kier alpha value is -4.60. The Morgan fingerprint density at radius 1 is 0.625 bits per heavy atom. The predicted octanol–water partition coefficient (Wildman–Crippen LogP) is 3.74. The fourth-order valence-electron chi connectivity index (χ4n) is 2.33. The molecule has 0 unspecified atom stereocenters. The van der Waals surface area contributed by atoms with Gasteiger partial charge >= 0.3 is 0 Å². The van der Waals surface area contributed by atoms with Crippen molar-refractivity contribution in [1.29, 1.82) is 0 Å². The fraction of sp³-hybridized carbons (Fsp3) is 0. The zero-order valence-electron chi connectivity index (χ0n) is 16.4. The number of amides is 2. The maximum atomic E-state index is 13.2. The van der Waals surface area contributed by atoms with Crippen molar-refractivity contribution >= 4 is 23.2 Å². The summed E-state index contributed by atoms with van der Waals surface area (Å²) in [6.45, 7) is 0. The molecule has 2 aromatic heterocycles. The van der Waals surface area contributed by atoms with E-state index in [1.54, 1.807) is 24.3 Å². The molecule has 0 aliphatic carbocycles. The van der Waals surface area contributed by atoms with Crippen molar-refractivity contribution in [2.24, 2.45) is 0 Å². The Labute approximate surface area is 181 Å². The molecule has 0 saturated carbocycles. The molecule has 10 heteroatoms. The van der Waals surface area contributed by atoms with E-state index in [-0.39, 0.29) is 22.8 Å². The van der Waals surface area contributed by atoms with Gasteiger partial charge < -0.3 is 10.6 Å². The van der Waals surface area contributed by atoms with E-state index in [0.29, 0.717) is 0 Å². The second-order valence-corrected chi connectivity index (χ2v) is 6.05. The molecule has 0 radical (unpaired) electrons. The van der Waals surface area contributed by atoms with Gasteiger partial charge in [0, 0.05) is 24.8 Å². The van der Waals surface area contributed by atoms with E-state index in [0.717, 1.165) is 0 Å². The summed E-state index contributed by atoms with van der Waals surface area (Å²) in [5.74, 6) is -1.95. The monoisotopic (exact) mass is 434 g/mol. The van der Waals surface area contributed by atoms with Crippen LogP contribution in [0.15, 0.2) is 85.7 Å². The lowest BCUT2D eigenvalue weighted by atomic mass is 10.3. The number of hydrogen-bond acceptors (Lipinski definition) is 6. The van der Waals surface area contributed by atoms with Crippen LogP contribution < -0.4 is 10.6 Å². The van der Waals surface area contributed by atoms with Crippen LogP contribution in [0.5, 0.6) is 0 Å². The highest BCUT2D eigenvalue weighted by Gasteiger charge is 2.10. The Kier molecular flexibility index (Phi) is 7.58. The number of benzene rings is 2. The van der Waals surface area contributed by atoms with Crippen LogP contribution in [0.3, 0.4) is 0 Å². The van der Waals surface area contributed by atoms with E-state index < -0.39 is 23.4 Å². The molecule has 2 amide bonds. The molecule has 0 atom stereocenters. The molecule has 0 fully saturated rings. The van der Waals surface area contributed by atoms with Gasteiger partial charge in [0.15, 0.2) is 0 Å². The van der Waals surface area contributed by atoms with Gasteiger partial charge in [-0.15, -0.1) is 0 Å². The van der Waals surface area contributed by atoms with Crippen molar-refractivity contribution in [1.82, 2.24) is 19.9 Å². The summed E-state index contributed by atoms with van der Waals surface area (Å²) < 4.78 is 26.4. The van der Waals surface area contributed by atoms with Crippen molar-refractivity contribution in [2.45, 2.75) is 0 Å². The Balaban J connectivity index is 0.000000181. The predicted molar refractivity (Wildman–Crippen MR) is 113 cm³/mol. The van der Waals surface area contributed by atoms with E-state index in [2.05, 4.69) is 30.6 Å². The maximum Gasteiger partial charge on any atom is 0.275 e. The van der Waals surface area contributed by atoms with E-state index in [1.165, 1.54) is 61.4 Å². The highest BCUT2D eigenvalue weighted by Crippen LogP contribution is 2.14. The van der Waals surface area contributed by atoms with Crippen LogP contribution in [0.4, 0.5) is 20.2 Å². The standard InChI is InChI=1S/2C11H8FN3O/c2*12-8-3-1-2-4-9(8)15-11(16)10-7-13-5-6-14-10/h2*1-7H,(H,15,16). The summed E-state index contributed by atoms with van der Waals surface area (Å²) in [7, 11) is 0. The lowest BCUT2D eigenvalue weighted by Crippen LogP contribution is -2.14. The van der Waals surface area contributed by atoms with Crippen LogP contribution in [0.1, 0.15) is 21.0 Å². The minimum Gasteiger partial charge on any atom is -0.318 e. The summed E-state index contributed by atoms with van der Waals surface area (Å²) >= 11 is 0. The Morgan fingerprint density at radius 3 is 1.38 bits per heavy atom. The van der Waals surface area contributed by atoms with Gasteiger partial charge in [-0.1, -0.05) is 24.3 Å². The molecule has 0 aliphatic heterocycles. The van der Waals surface area contributed by atoms with Crippen LogP contribution in [0.2, 0.25) is 0 Å². The SMILES string of the molecule is O=C(Nc1ccccc1F)c1cnccn1.O=C(Nc1ccccc1F)c1cnccn1. The molecule has 0 aliphatic rings. The van der Waals surface area contributed by atoms with Crippen LogP contribution >= 0.6 is 0 Å². The molecule has 8 nitrogen and oxygen atoms in total. The number of nitrogens with zero attached hydrogens (tertiary/aromatic N) is 4. The number of para-hydroxylation sites is 2. The van der Waals surface area contributed by atoms with E-state index >= 15 is 0 Å². The Bertz CT molecular complexity index is 1100. The van der Waals surface area contributed by atoms with E-state index in [4.69, 9.17) is 0 Å². The summed E-state index contributed by atoms with van der Waals surface area (Å²) in [6.07, 6.45) is 8.35. The number of carbonyl (C=O) groups excluding carboxylic acids is 2. The van der Waals surface area contributed by atoms with Gasteiger partial charge in [-0.2, -0.15) is 0 Å². The van der Waals surface area contributed by atoms with Crippen LogP contribution in [-0.2, 0) is 0 Å². The minimum atomic E-state index is -0.488. The lowest BCUT2D eigenvalue weighted by molar-refractivity contribution is 0.101. The maximum absolute atomic E-state index is 13.2. The molecule has 4 aromatic rings. The third-order valence-electron chi connectivity index (χ3n) is 3.84. The molecule has 2 N–H and O–H groups in total. The van der Waals surface area contributed by atoms with Crippen LogP contribution in [0, 0.1) is 11.6 Å². The largest absolute Gasteiger partial charge is 0.318 e. The van der Waals surface area contributed by atoms with Crippen molar-refractivity contribution in [2.75, 3.05) is 10.6 Å². The first-order valence-electron chi connectivity index (χ1n) is 9.18. The molecule has 0 saturated heterocycles. The Morgan fingerprint density at radius 2 is 1.03 bits per heavy atom. The topological polar surface area (TPSA) is 110 Å². The highest BCUT2D eigenvalue weighted by molar-refractivity contribution is 6.03. The molecule has 0 spiro atoms. The second kappa shape index (κ2) is 11.0. The van der Waals surface area contributed by atoms with Gasteiger partial charge in [0.25, 0.3) is 11.8 Å². The molecule has 32 heavy (non-hydrogen) atoms. The average Bonchev–Trinajstić information content (AvgIpc) is 2.83. The van der Waals surface area contributed by atoms with Gasteiger partial charge in [-0.05, 0) is 24.3 Å². The first kappa shape index (κ1) is 22.1. The van der Waals surface area contributed by atoms with Crippen molar-refractivity contribution in [3.63, 3.8) is 0 Å². The zero-order chi connectivity index (χ0) is 22.8. The number of rotatable bonds is 4. The number of anilines is 2. The number of halogens is 2. The number of aromatic nitrogens is 4. The van der Waals surface area contributed by atoms with Crippen molar-refractivity contribution in [3.05, 3.63) is 109 Å². The molecule has 2 aromatic carbocycles. The smallest absolute Gasteiger partial charge is 0.275 e. The number of carbonyl (C=O) groups is 2. The van der Waals surface area contributed by atoms with Gasteiger partial charge in [0.1, 0.15) is 23.0 Å². The van der Waals surface area contributed by atoms with Crippen LogP contribution in [0.25, 0.3) is 0 Å². The van der Waals surface area contributed by atoms with Crippen LogP contribution in [-0.4, -0.2) is 31.8 Å². The first-order valence-corrected chi connectivity index (χ1v) is 9.18. The van der Waals surface area contributed by atoms with Gasteiger partial charge in [0.05, 0.1) is 23.8 Å². The molecule has 2 heterocycles. The quantitative estimate of drug-likeness (QED) is 0.506. The molecular formula is C22H16F2N6O2. The third kappa shape index (κ3) is 6.20. The van der Waals surface area contributed by atoms with E-state index in [1.807, 2.05) is 0 Å². The fourth-order valence-corrected chi connectivity index (χ4v) is 2.33. The molecule has 160 valence electrons. The van der Waals surface area contributed by atoms with Gasteiger partial charge in [-0.3, -0.25) is 19.6 Å². The van der Waals surface area contributed by atoms with Crippen molar-refractivity contribution < 1.29 is 18.4 Å². The second-order valence-electron chi connectivity index (χ2n) is 6.05. The number of nitrogens with one attached hydrogen (secondary N) is 2. The van der Waals surface area contributed by atoms with E-state index in [9.17, 15) is 18.4 Å². The number of hydrogen-bond donors (Lipinski definition) is 2. The lowest BCUT2D eigenvalue weighted by Gasteiger charge is -2.04.